The first-order valence-electron chi connectivity index (χ1n) is 13.0. The van der Waals surface area contributed by atoms with E-state index in [9.17, 15) is 13.2 Å². The van der Waals surface area contributed by atoms with E-state index in [1.807, 2.05) is 30.3 Å². The first-order chi connectivity index (χ1) is 18.7. The molecule has 3 aromatic carbocycles. The normalized spacial score (nSPS) is 15.9. The van der Waals surface area contributed by atoms with Crippen molar-refractivity contribution in [2.24, 2.45) is 0 Å². The number of carbonyl (C=O) groups is 1. The fourth-order valence-electron chi connectivity index (χ4n) is 5.25. The van der Waals surface area contributed by atoms with Gasteiger partial charge in [0.2, 0.25) is 0 Å². The van der Waals surface area contributed by atoms with E-state index in [0.29, 0.717) is 45.1 Å². The van der Waals surface area contributed by atoms with Crippen molar-refractivity contribution in [3.8, 4) is 22.6 Å². The molecule has 0 aliphatic carbocycles. The van der Waals surface area contributed by atoms with Gasteiger partial charge in [-0.2, -0.15) is 0 Å². The Morgan fingerprint density at radius 3 is 2.72 bits per heavy atom. The number of benzene rings is 3. The molecule has 9 heteroatoms. The molecular weight excluding hydrogens is 518 g/mol. The smallest absolute Gasteiger partial charge is 0.304 e. The molecule has 0 spiro atoms. The molecule has 2 N–H and O–H groups in total. The number of carboxylic acid groups (broad SMARTS) is 1. The van der Waals surface area contributed by atoms with Crippen LogP contribution in [-0.4, -0.2) is 44.7 Å². The second-order valence-electron chi connectivity index (χ2n) is 10.3. The van der Waals surface area contributed by atoms with E-state index in [0.717, 1.165) is 50.4 Å². The van der Waals surface area contributed by atoms with Crippen molar-refractivity contribution in [2.45, 2.75) is 45.4 Å². The maximum atomic E-state index is 11.4. The molecule has 0 saturated carbocycles. The first-order valence-corrected chi connectivity index (χ1v) is 15.1. The third kappa shape index (κ3) is 6.54. The number of hydrogen-bond donors (Lipinski definition) is 2. The third-order valence-electron chi connectivity index (χ3n) is 7.09. The predicted octanol–water partition coefficient (Wildman–Crippen LogP) is 5.07. The van der Waals surface area contributed by atoms with Crippen LogP contribution >= 0.6 is 0 Å². The van der Waals surface area contributed by atoms with Crippen LogP contribution < -0.4 is 14.8 Å². The Morgan fingerprint density at radius 2 is 1.92 bits per heavy atom. The summed E-state index contributed by atoms with van der Waals surface area (Å²) in [6, 6.07) is 16.3. The van der Waals surface area contributed by atoms with Gasteiger partial charge in [0, 0.05) is 36.0 Å². The lowest BCUT2D eigenvalue weighted by Gasteiger charge is -2.16. The Labute approximate surface area is 228 Å². The van der Waals surface area contributed by atoms with Crippen molar-refractivity contribution in [1.82, 2.24) is 0 Å². The summed E-state index contributed by atoms with van der Waals surface area (Å²) in [5.74, 6) is 0.629. The van der Waals surface area contributed by atoms with Crippen molar-refractivity contribution in [2.75, 3.05) is 30.5 Å². The molecule has 0 unspecified atom stereocenters. The molecule has 0 bridgehead atoms. The van der Waals surface area contributed by atoms with Crippen LogP contribution in [0.5, 0.6) is 11.5 Å². The van der Waals surface area contributed by atoms with Gasteiger partial charge in [0.1, 0.15) is 21.3 Å². The van der Waals surface area contributed by atoms with Gasteiger partial charge in [0.15, 0.2) is 0 Å². The summed E-state index contributed by atoms with van der Waals surface area (Å²) in [4.78, 5) is 11.1. The molecule has 0 fully saturated rings. The van der Waals surface area contributed by atoms with E-state index in [1.54, 1.807) is 0 Å². The summed E-state index contributed by atoms with van der Waals surface area (Å²) < 4.78 is 40.4. The molecule has 5 rings (SSSR count). The molecule has 39 heavy (non-hydrogen) atoms. The van der Waals surface area contributed by atoms with Crippen molar-refractivity contribution in [3.63, 3.8) is 0 Å². The van der Waals surface area contributed by atoms with E-state index >= 15 is 0 Å². The van der Waals surface area contributed by atoms with E-state index < -0.39 is 15.8 Å². The lowest BCUT2D eigenvalue weighted by atomic mass is 9.91. The maximum absolute atomic E-state index is 11.4. The average molecular weight is 552 g/mol. The number of nitrogens with one attached hydrogen (secondary N) is 1. The first kappa shape index (κ1) is 27.0. The zero-order chi connectivity index (χ0) is 27.6. The zero-order valence-corrected chi connectivity index (χ0v) is 23.0. The van der Waals surface area contributed by atoms with Crippen LogP contribution in [0, 0.1) is 6.92 Å². The average Bonchev–Trinajstić information content (AvgIpc) is 3.16. The zero-order valence-electron chi connectivity index (χ0n) is 22.2. The highest BCUT2D eigenvalue weighted by atomic mass is 32.2. The number of sulfone groups is 1. The molecule has 0 saturated heterocycles. The predicted molar refractivity (Wildman–Crippen MR) is 149 cm³/mol. The number of hydrogen-bond acceptors (Lipinski definition) is 7. The summed E-state index contributed by atoms with van der Waals surface area (Å²) in [5.41, 5.74) is 8.50. The fraction of sp³-hybridized carbons (Fsp3) is 0.367. The van der Waals surface area contributed by atoms with Crippen molar-refractivity contribution in [1.29, 1.82) is 0 Å². The van der Waals surface area contributed by atoms with E-state index in [1.165, 1.54) is 6.26 Å². The van der Waals surface area contributed by atoms with Crippen molar-refractivity contribution >= 4 is 21.5 Å². The maximum Gasteiger partial charge on any atom is 0.304 e. The van der Waals surface area contributed by atoms with Crippen molar-refractivity contribution in [3.05, 3.63) is 76.3 Å². The molecule has 0 radical (unpaired) electrons. The summed E-state index contributed by atoms with van der Waals surface area (Å²) in [5, 5.41) is 12.6. The Morgan fingerprint density at radius 1 is 1.10 bits per heavy atom. The number of ether oxygens (including phenoxy) is 3. The molecule has 8 nitrogen and oxygen atoms in total. The standard InChI is InChI=1S/C30H33NO7S/c1-19-10-25(37-8-3-9-39(2,34)35)12-23-17-36-16-21-5-4-20(11-27(21)30(19)23)15-31-24-6-7-26-22(13-29(32)33)18-38-28(26)14-24/h4-7,10-12,14,22,31H,3,8-9,13,15-18H2,1-2H3,(H,32,33)/t22-/m1/s1. The minimum Gasteiger partial charge on any atom is -0.494 e. The van der Waals surface area contributed by atoms with Crippen LogP contribution in [0.3, 0.4) is 0 Å². The van der Waals surface area contributed by atoms with Crippen LogP contribution in [0.25, 0.3) is 11.1 Å². The largest absolute Gasteiger partial charge is 0.494 e. The third-order valence-corrected chi connectivity index (χ3v) is 8.12. The summed E-state index contributed by atoms with van der Waals surface area (Å²) in [7, 11) is -3.01. The van der Waals surface area contributed by atoms with E-state index in [4.69, 9.17) is 19.3 Å². The summed E-state index contributed by atoms with van der Waals surface area (Å²) in [6.07, 6.45) is 1.75. The molecule has 1 atom stereocenters. The lowest BCUT2D eigenvalue weighted by Crippen LogP contribution is -2.08. The number of anilines is 1. The van der Waals surface area contributed by atoms with Gasteiger partial charge < -0.3 is 24.6 Å². The number of fused-ring (bicyclic) bond motifs is 4. The summed E-state index contributed by atoms with van der Waals surface area (Å²) >= 11 is 0. The number of carboxylic acids is 1. The molecule has 2 heterocycles. The fourth-order valence-corrected chi connectivity index (χ4v) is 5.89. The highest BCUT2D eigenvalue weighted by Gasteiger charge is 2.26. The van der Waals surface area contributed by atoms with Crippen LogP contribution in [-0.2, 0) is 39.1 Å². The second-order valence-corrected chi connectivity index (χ2v) is 12.6. The molecule has 2 aliphatic heterocycles. The van der Waals surface area contributed by atoms with Crippen LogP contribution in [0.15, 0.2) is 48.5 Å². The van der Waals surface area contributed by atoms with E-state index in [-0.39, 0.29) is 18.1 Å². The molecule has 206 valence electrons. The van der Waals surface area contributed by atoms with Gasteiger partial charge >= 0.3 is 5.97 Å². The minimum atomic E-state index is -3.01. The summed E-state index contributed by atoms with van der Waals surface area (Å²) in [6.45, 7) is 4.39. The second kappa shape index (κ2) is 11.3. The van der Waals surface area contributed by atoms with Crippen LogP contribution in [0.2, 0.25) is 0 Å². The van der Waals surface area contributed by atoms with Gasteiger partial charge in [-0.1, -0.05) is 18.2 Å². The lowest BCUT2D eigenvalue weighted by molar-refractivity contribution is -0.137. The highest BCUT2D eigenvalue weighted by molar-refractivity contribution is 7.90. The van der Waals surface area contributed by atoms with Crippen LogP contribution in [0.1, 0.15) is 46.6 Å². The van der Waals surface area contributed by atoms with E-state index in [2.05, 4.69) is 30.4 Å². The highest BCUT2D eigenvalue weighted by Crippen LogP contribution is 2.39. The topological polar surface area (TPSA) is 111 Å². The SMILES string of the molecule is Cc1cc(OCCCS(C)(=O)=O)cc2c1-c1cc(CNc3ccc4c(c3)OC[C@H]4CC(=O)O)ccc1COC2. The quantitative estimate of drug-likeness (QED) is 0.336. The molecular formula is C30H33NO7S. The monoisotopic (exact) mass is 551 g/mol. The van der Waals surface area contributed by atoms with Gasteiger partial charge in [-0.25, -0.2) is 8.42 Å². The molecule has 3 aromatic rings. The Hall–Kier alpha value is -3.56. The number of aliphatic carboxylic acids is 1. The number of aryl methyl sites for hydroxylation is 1. The van der Waals surface area contributed by atoms with Gasteiger partial charge in [-0.3, -0.25) is 4.79 Å². The van der Waals surface area contributed by atoms with Crippen molar-refractivity contribution < 1.29 is 32.5 Å². The van der Waals surface area contributed by atoms with Crippen LogP contribution in [0.4, 0.5) is 5.69 Å². The van der Waals surface area contributed by atoms with Gasteiger partial charge in [-0.05, 0) is 71.0 Å². The minimum absolute atomic E-state index is 0.0658. The van der Waals surface area contributed by atoms with Gasteiger partial charge in [0.25, 0.3) is 0 Å². The Kier molecular flexibility index (Phi) is 7.81. The number of rotatable bonds is 10. The Balaban J connectivity index is 1.31. The molecule has 2 aliphatic rings. The van der Waals surface area contributed by atoms with Gasteiger partial charge in [-0.15, -0.1) is 0 Å². The van der Waals surface area contributed by atoms with Gasteiger partial charge in [0.05, 0.1) is 38.6 Å². The molecule has 0 aromatic heterocycles. The Bertz CT molecular complexity index is 1500. The molecule has 0 amide bonds.